The summed E-state index contributed by atoms with van der Waals surface area (Å²) in [4.78, 5) is 12.6. The number of fused-ring (bicyclic) bond motifs is 1. The molecule has 2 heterocycles. The van der Waals surface area contributed by atoms with Crippen LogP contribution in [0, 0.1) is 0 Å². The Morgan fingerprint density at radius 3 is 2.76 bits per heavy atom. The zero-order chi connectivity index (χ0) is 17.2. The van der Waals surface area contributed by atoms with Crippen LogP contribution in [-0.4, -0.2) is 19.7 Å². The molecule has 4 heteroatoms. The number of morpholine rings is 1. The fourth-order valence-corrected chi connectivity index (χ4v) is 3.41. The van der Waals surface area contributed by atoms with Crippen molar-refractivity contribution in [1.82, 2.24) is 5.32 Å². The maximum Gasteiger partial charge on any atom is 0.193 e. The minimum absolute atomic E-state index is 0.0266. The van der Waals surface area contributed by atoms with E-state index in [1.165, 1.54) is 5.56 Å². The Kier molecular flexibility index (Phi) is 4.38. The summed E-state index contributed by atoms with van der Waals surface area (Å²) in [6.45, 7) is 4.23. The van der Waals surface area contributed by atoms with E-state index in [9.17, 15) is 4.79 Å². The van der Waals surface area contributed by atoms with Gasteiger partial charge < -0.3 is 14.5 Å². The molecule has 1 aliphatic heterocycles. The molecule has 1 fully saturated rings. The van der Waals surface area contributed by atoms with Crippen molar-refractivity contribution in [3.63, 3.8) is 0 Å². The Balaban J connectivity index is 1.93. The van der Waals surface area contributed by atoms with Crippen molar-refractivity contribution < 1.29 is 9.15 Å². The maximum absolute atomic E-state index is 12.6. The van der Waals surface area contributed by atoms with E-state index in [-0.39, 0.29) is 11.5 Å². The van der Waals surface area contributed by atoms with Crippen molar-refractivity contribution in [3.05, 3.63) is 70.1 Å². The van der Waals surface area contributed by atoms with Gasteiger partial charge in [-0.1, -0.05) is 43.3 Å². The highest BCUT2D eigenvalue weighted by Crippen LogP contribution is 2.32. The zero-order valence-corrected chi connectivity index (χ0v) is 14.2. The highest BCUT2D eigenvalue weighted by molar-refractivity contribution is 5.92. The van der Waals surface area contributed by atoms with Crippen molar-refractivity contribution in [2.75, 3.05) is 19.7 Å². The molecule has 128 valence electrons. The molecule has 1 unspecified atom stereocenters. The van der Waals surface area contributed by atoms with Crippen LogP contribution < -0.4 is 10.7 Å². The molecule has 0 aliphatic carbocycles. The topological polar surface area (TPSA) is 51.5 Å². The van der Waals surface area contributed by atoms with Crippen LogP contribution in [0.25, 0.3) is 22.1 Å². The molecule has 3 aromatic rings. The molecule has 1 aromatic heterocycles. The molecule has 2 aromatic carbocycles. The molecular formula is C21H21NO3. The van der Waals surface area contributed by atoms with Crippen LogP contribution >= 0.6 is 0 Å². The summed E-state index contributed by atoms with van der Waals surface area (Å²) in [7, 11) is 0. The van der Waals surface area contributed by atoms with Crippen LogP contribution in [0.2, 0.25) is 0 Å². The lowest BCUT2D eigenvalue weighted by atomic mass is 9.96. The van der Waals surface area contributed by atoms with E-state index in [2.05, 4.69) is 24.4 Å². The lowest BCUT2D eigenvalue weighted by Gasteiger charge is -2.23. The molecule has 1 N–H and O–H groups in total. The summed E-state index contributed by atoms with van der Waals surface area (Å²) in [5, 5.41) is 3.89. The molecule has 0 radical (unpaired) electrons. The van der Waals surface area contributed by atoms with E-state index >= 15 is 0 Å². The molecule has 0 bridgehead atoms. The number of ether oxygens (including phenoxy) is 1. The molecule has 4 nitrogen and oxygen atoms in total. The third-order valence-electron chi connectivity index (χ3n) is 4.71. The van der Waals surface area contributed by atoms with E-state index in [1.54, 1.807) is 6.07 Å². The Bertz CT molecular complexity index is 955. The van der Waals surface area contributed by atoms with Gasteiger partial charge in [0.1, 0.15) is 17.4 Å². The zero-order valence-electron chi connectivity index (χ0n) is 14.2. The van der Waals surface area contributed by atoms with Gasteiger partial charge in [0.25, 0.3) is 0 Å². The van der Waals surface area contributed by atoms with Crippen LogP contribution in [0.5, 0.6) is 0 Å². The number of rotatable bonds is 3. The molecule has 1 aliphatic rings. The average molecular weight is 335 g/mol. The highest BCUT2D eigenvalue weighted by Gasteiger charge is 2.21. The van der Waals surface area contributed by atoms with Crippen LogP contribution in [-0.2, 0) is 11.2 Å². The van der Waals surface area contributed by atoms with Crippen molar-refractivity contribution in [3.8, 4) is 11.1 Å². The van der Waals surface area contributed by atoms with Gasteiger partial charge in [-0.3, -0.25) is 4.79 Å². The van der Waals surface area contributed by atoms with Crippen molar-refractivity contribution in [2.24, 2.45) is 0 Å². The van der Waals surface area contributed by atoms with Gasteiger partial charge in [0.15, 0.2) is 5.43 Å². The Morgan fingerprint density at radius 1 is 1.12 bits per heavy atom. The fourth-order valence-electron chi connectivity index (χ4n) is 3.41. The lowest BCUT2D eigenvalue weighted by Crippen LogP contribution is -2.33. The lowest BCUT2D eigenvalue weighted by molar-refractivity contribution is 0.0145. The summed E-state index contributed by atoms with van der Waals surface area (Å²) in [5.41, 5.74) is 3.91. The minimum atomic E-state index is -0.222. The fraction of sp³-hybridized carbons (Fsp3) is 0.286. The first-order chi connectivity index (χ1) is 12.3. The van der Waals surface area contributed by atoms with Gasteiger partial charge in [-0.25, -0.2) is 0 Å². The normalized spacial score (nSPS) is 17.7. The summed E-state index contributed by atoms with van der Waals surface area (Å²) in [5.74, 6) is 0.589. The van der Waals surface area contributed by atoms with E-state index in [4.69, 9.17) is 9.15 Å². The molecule has 1 atom stereocenters. The largest absolute Gasteiger partial charge is 0.457 e. The molecule has 0 saturated carbocycles. The third kappa shape index (κ3) is 2.99. The summed E-state index contributed by atoms with van der Waals surface area (Å²) in [6.07, 6.45) is 0.701. The first-order valence-corrected chi connectivity index (χ1v) is 8.75. The Hall–Kier alpha value is -2.43. The van der Waals surface area contributed by atoms with Gasteiger partial charge in [0, 0.05) is 24.7 Å². The number of para-hydroxylation sites is 1. The van der Waals surface area contributed by atoms with Gasteiger partial charge in [-0.05, 0) is 23.6 Å². The second-order valence-electron chi connectivity index (χ2n) is 6.27. The van der Waals surface area contributed by atoms with E-state index in [0.29, 0.717) is 29.9 Å². The van der Waals surface area contributed by atoms with Gasteiger partial charge in [0.2, 0.25) is 0 Å². The number of hydrogen-bond acceptors (Lipinski definition) is 4. The molecule has 25 heavy (non-hydrogen) atoms. The van der Waals surface area contributed by atoms with Gasteiger partial charge in [-0.15, -0.1) is 0 Å². The molecule has 0 amide bonds. The number of nitrogens with one attached hydrogen (secondary N) is 1. The smallest absolute Gasteiger partial charge is 0.193 e. The van der Waals surface area contributed by atoms with Crippen molar-refractivity contribution >= 4 is 11.0 Å². The summed E-state index contributed by atoms with van der Waals surface area (Å²) in [6, 6.07) is 15.6. The Labute approximate surface area is 146 Å². The highest BCUT2D eigenvalue weighted by atomic mass is 16.5. The monoisotopic (exact) mass is 335 g/mol. The summed E-state index contributed by atoms with van der Waals surface area (Å²) >= 11 is 0. The third-order valence-corrected chi connectivity index (χ3v) is 4.71. The molecular weight excluding hydrogens is 314 g/mol. The van der Waals surface area contributed by atoms with Crippen LogP contribution in [0.15, 0.2) is 57.7 Å². The second-order valence-corrected chi connectivity index (χ2v) is 6.27. The first kappa shape index (κ1) is 16.1. The van der Waals surface area contributed by atoms with E-state index in [1.807, 2.05) is 30.3 Å². The second kappa shape index (κ2) is 6.82. The predicted octanol–water partition coefficient (Wildman–Crippen LogP) is 3.68. The van der Waals surface area contributed by atoms with Crippen molar-refractivity contribution in [2.45, 2.75) is 19.4 Å². The van der Waals surface area contributed by atoms with Crippen LogP contribution in [0.1, 0.15) is 24.4 Å². The number of aryl methyl sites for hydroxylation is 1. The predicted molar refractivity (Wildman–Crippen MR) is 98.9 cm³/mol. The van der Waals surface area contributed by atoms with Gasteiger partial charge in [0.05, 0.1) is 12.0 Å². The molecule has 1 saturated heterocycles. The molecule has 4 rings (SSSR count). The number of benzene rings is 2. The minimum Gasteiger partial charge on any atom is -0.457 e. The van der Waals surface area contributed by atoms with Crippen LogP contribution in [0.4, 0.5) is 0 Å². The van der Waals surface area contributed by atoms with E-state index in [0.717, 1.165) is 24.1 Å². The standard InChI is InChI=1S/C21H21NO3/c1-2-14-6-3-4-7-15(14)16-8-5-9-17-18(23)12-19(25-21(16)17)20-13-22-10-11-24-20/h3-9,12,20,22H,2,10-11,13H2,1H3. The average Bonchev–Trinajstić information content (AvgIpc) is 2.68. The van der Waals surface area contributed by atoms with Crippen molar-refractivity contribution in [1.29, 1.82) is 0 Å². The number of hydrogen-bond donors (Lipinski definition) is 1. The SMILES string of the molecule is CCc1ccccc1-c1cccc2c(=O)cc(C3CNCCO3)oc12. The first-order valence-electron chi connectivity index (χ1n) is 8.75. The molecule has 0 spiro atoms. The Morgan fingerprint density at radius 2 is 1.96 bits per heavy atom. The summed E-state index contributed by atoms with van der Waals surface area (Å²) < 4.78 is 12.0. The quantitative estimate of drug-likeness (QED) is 0.793. The maximum atomic E-state index is 12.6. The van der Waals surface area contributed by atoms with E-state index < -0.39 is 0 Å². The van der Waals surface area contributed by atoms with Gasteiger partial charge in [-0.2, -0.15) is 0 Å². The van der Waals surface area contributed by atoms with Crippen LogP contribution in [0.3, 0.4) is 0 Å². The van der Waals surface area contributed by atoms with Gasteiger partial charge >= 0.3 is 0 Å².